The number of carbonyl (C=O) groups excluding carboxylic acids is 4. The number of hydrazine groups is 1. The molecule has 0 unspecified atom stereocenters. The molecule has 0 aliphatic carbocycles. The molecule has 0 saturated carbocycles. The Morgan fingerprint density at radius 2 is 1.67 bits per heavy atom. The molecule has 1 aromatic carbocycles. The molecular formula is C20H23N3O4. The van der Waals surface area contributed by atoms with Gasteiger partial charge < -0.3 is 0 Å². The first-order valence-electron chi connectivity index (χ1n) is 9.56. The summed E-state index contributed by atoms with van der Waals surface area (Å²) in [7, 11) is 0. The van der Waals surface area contributed by atoms with Crippen LogP contribution < -0.4 is 0 Å². The number of rotatable bonds is 2. The van der Waals surface area contributed by atoms with Crippen molar-refractivity contribution in [2.45, 2.75) is 51.6 Å². The van der Waals surface area contributed by atoms with Gasteiger partial charge in [-0.2, -0.15) is 0 Å². The van der Waals surface area contributed by atoms with E-state index in [1.165, 1.54) is 10.0 Å². The minimum absolute atomic E-state index is 0.0850. The molecule has 0 N–H and O–H groups in total. The van der Waals surface area contributed by atoms with Gasteiger partial charge in [0, 0.05) is 13.0 Å². The Balaban J connectivity index is 1.76. The summed E-state index contributed by atoms with van der Waals surface area (Å²) in [6, 6.07) is 5.57. The van der Waals surface area contributed by atoms with Crippen LogP contribution in [0.5, 0.6) is 0 Å². The zero-order valence-electron chi connectivity index (χ0n) is 15.6. The first-order valence-corrected chi connectivity index (χ1v) is 9.56. The molecule has 3 aliphatic rings. The fraction of sp³-hybridized carbons (Fsp3) is 0.500. The second-order valence-corrected chi connectivity index (χ2v) is 7.56. The molecule has 1 aromatic rings. The standard InChI is InChI=1S/C20H23N3O4/c1-3-13-7-6-10-21-16(24)11-12(2)17(20(27)23(13)21)22-18(25)14-8-4-5-9-15(14)19(22)26/h4-5,8-9,12-13,17H,3,6-7,10-11H2,1-2H3/t12-,13+,17-/m0/s1. The van der Waals surface area contributed by atoms with Crippen molar-refractivity contribution in [3.63, 3.8) is 0 Å². The molecule has 4 rings (SSSR count). The summed E-state index contributed by atoms with van der Waals surface area (Å²) in [6.07, 6.45) is 2.52. The van der Waals surface area contributed by atoms with Gasteiger partial charge in [-0.05, 0) is 37.3 Å². The average Bonchev–Trinajstić information content (AvgIpc) is 2.87. The summed E-state index contributed by atoms with van der Waals surface area (Å²) in [5, 5.41) is 3.07. The van der Waals surface area contributed by atoms with Gasteiger partial charge in [-0.1, -0.05) is 26.0 Å². The van der Waals surface area contributed by atoms with Crippen LogP contribution in [0.25, 0.3) is 0 Å². The largest absolute Gasteiger partial charge is 0.273 e. The molecule has 3 atom stereocenters. The topological polar surface area (TPSA) is 78.0 Å². The van der Waals surface area contributed by atoms with E-state index in [0.29, 0.717) is 17.7 Å². The second-order valence-electron chi connectivity index (χ2n) is 7.56. The van der Waals surface area contributed by atoms with Gasteiger partial charge in [-0.15, -0.1) is 0 Å². The SMILES string of the molecule is CC[C@@H]1CCCN2C(=O)C[C@H](C)[C@H](N3C(=O)c4ccccc4C3=O)C(=O)N12. The fourth-order valence-electron chi connectivity index (χ4n) is 4.52. The molecule has 3 aliphatic heterocycles. The van der Waals surface area contributed by atoms with E-state index in [-0.39, 0.29) is 24.3 Å². The average molecular weight is 369 g/mol. The van der Waals surface area contributed by atoms with Gasteiger partial charge in [-0.3, -0.25) is 29.1 Å². The van der Waals surface area contributed by atoms with Gasteiger partial charge >= 0.3 is 0 Å². The van der Waals surface area contributed by atoms with E-state index in [0.717, 1.165) is 24.2 Å². The Hall–Kier alpha value is -2.70. The molecule has 2 fully saturated rings. The maximum absolute atomic E-state index is 13.5. The van der Waals surface area contributed by atoms with Crippen molar-refractivity contribution in [2.75, 3.05) is 6.54 Å². The molecule has 0 radical (unpaired) electrons. The number of hydrogen-bond acceptors (Lipinski definition) is 4. The summed E-state index contributed by atoms with van der Waals surface area (Å²) >= 11 is 0. The maximum Gasteiger partial charge on any atom is 0.265 e. The minimum Gasteiger partial charge on any atom is -0.273 e. The van der Waals surface area contributed by atoms with Gasteiger partial charge in [0.2, 0.25) is 5.91 Å². The predicted octanol–water partition coefficient (Wildman–Crippen LogP) is 1.84. The fourth-order valence-corrected chi connectivity index (χ4v) is 4.52. The third kappa shape index (κ3) is 2.56. The highest BCUT2D eigenvalue weighted by atomic mass is 16.2. The lowest BCUT2D eigenvalue weighted by Gasteiger charge is -2.44. The van der Waals surface area contributed by atoms with Gasteiger partial charge in [-0.25, -0.2) is 5.01 Å². The highest BCUT2D eigenvalue weighted by Crippen LogP contribution is 2.34. The number of carbonyl (C=O) groups is 4. The van der Waals surface area contributed by atoms with Crippen molar-refractivity contribution in [3.8, 4) is 0 Å². The zero-order chi connectivity index (χ0) is 19.3. The first kappa shape index (κ1) is 17.7. The number of amides is 4. The van der Waals surface area contributed by atoms with E-state index in [4.69, 9.17) is 0 Å². The maximum atomic E-state index is 13.5. The lowest BCUT2D eigenvalue weighted by molar-refractivity contribution is -0.174. The first-order chi connectivity index (χ1) is 13.0. The van der Waals surface area contributed by atoms with Crippen molar-refractivity contribution in [2.24, 2.45) is 5.92 Å². The molecule has 4 amide bonds. The van der Waals surface area contributed by atoms with Gasteiger partial charge in [0.05, 0.1) is 17.2 Å². The highest BCUT2D eigenvalue weighted by molar-refractivity contribution is 6.23. The van der Waals surface area contributed by atoms with E-state index in [9.17, 15) is 19.2 Å². The van der Waals surface area contributed by atoms with Crippen molar-refractivity contribution in [3.05, 3.63) is 35.4 Å². The zero-order valence-corrected chi connectivity index (χ0v) is 15.6. The molecule has 0 bridgehead atoms. The molecule has 0 spiro atoms. The number of benzene rings is 1. The second kappa shape index (κ2) is 6.48. The Morgan fingerprint density at radius 1 is 1.04 bits per heavy atom. The van der Waals surface area contributed by atoms with Crippen molar-refractivity contribution >= 4 is 23.6 Å². The molecule has 142 valence electrons. The lowest BCUT2D eigenvalue weighted by atomic mass is 9.95. The van der Waals surface area contributed by atoms with Crippen molar-refractivity contribution in [1.29, 1.82) is 0 Å². The highest BCUT2D eigenvalue weighted by Gasteiger charge is 2.51. The van der Waals surface area contributed by atoms with Gasteiger partial charge in [0.25, 0.3) is 17.7 Å². The van der Waals surface area contributed by atoms with Gasteiger partial charge in [0.15, 0.2) is 0 Å². The summed E-state index contributed by atoms with van der Waals surface area (Å²) in [5.74, 6) is -1.78. The monoisotopic (exact) mass is 369 g/mol. The third-order valence-electron chi connectivity index (χ3n) is 5.89. The molecular weight excluding hydrogens is 346 g/mol. The van der Waals surface area contributed by atoms with Crippen molar-refractivity contribution < 1.29 is 19.2 Å². The smallest absolute Gasteiger partial charge is 0.265 e. The normalized spacial score (nSPS) is 28.4. The predicted molar refractivity (Wildman–Crippen MR) is 96.4 cm³/mol. The Morgan fingerprint density at radius 3 is 2.26 bits per heavy atom. The third-order valence-corrected chi connectivity index (χ3v) is 5.89. The van der Waals surface area contributed by atoms with E-state index in [1.54, 1.807) is 31.2 Å². The Kier molecular flexibility index (Phi) is 4.25. The molecule has 0 aromatic heterocycles. The van der Waals surface area contributed by atoms with Crippen LogP contribution in [-0.4, -0.2) is 57.2 Å². The van der Waals surface area contributed by atoms with Crippen LogP contribution in [0.3, 0.4) is 0 Å². The summed E-state index contributed by atoms with van der Waals surface area (Å²) < 4.78 is 0. The number of nitrogens with zero attached hydrogens (tertiary/aromatic N) is 3. The quantitative estimate of drug-likeness (QED) is 0.745. The van der Waals surface area contributed by atoms with E-state index >= 15 is 0 Å². The Bertz CT molecular complexity index is 801. The Labute approximate surface area is 157 Å². The van der Waals surface area contributed by atoms with E-state index in [2.05, 4.69) is 0 Å². The molecule has 3 heterocycles. The van der Waals surface area contributed by atoms with Crippen LogP contribution in [0.1, 0.15) is 60.2 Å². The molecule has 27 heavy (non-hydrogen) atoms. The van der Waals surface area contributed by atoms with Crippen molar-refractivity contribution in [1.82, 2.24) is 14.9 Å². The number of imide groups is 1. The molecule has 7 nitrogen and oxygen atoms in total. The van der Waals surface area contributed by atoms with Crippen LogP contribution in [-0.2, 0) is 9.59 Å². The number of hydrogen-bond donors (Lipinski definition) is 0. The van der Waals surface area contributed by atoms with E-state index in [1.807, 2.05) is 6.92 Å². The number of fused-ring (bicyclic) bond motifs is 2. The van der Waals surface area contributed by atoms with Crippen LogP contribution in [0.15, 0.2) is 24.3 Å². The van der Waals surface area contributed by atoms with Crippen LogP contribution >= 0.6 is 0 Å². The van der Waals surface area contributed by atoms with Crippen LogP contribution in [0, 0.1) is 5.92 Å². The van der Waals surface area contributed by atoms with E-state index < -0.39 is 23.8 Å². The lowest BCUT2D eigenvalue weighted by Crippen LogP contribution is -2.61. The van der Waals surface area contributed by atoms with Crippen LogP contribution in [0.2, 0.25) is 0 Å². The summed E-state index contributed by atoms with van der Waals surface area (Å²) in [5.41, 5.74) is 0.640. The summed E-state index contributed by atoms with van der Waals surface area (Å²) in [6.45, 7) is 4.25. The minimum atomic E-state index is -0.960. The van der Waals surface area contributed by atoms with Crippen LogP contribution in [0.4, 0.5) is 0 Å². The van der Waals surface area contributed by atoms with Gasteiger partial charge in [0.1, 0.15) is 6.04 Å². The molecule has 7 heteroatoms. The molecule has 2 saturated heterocycles. The summed E-state index contributed by atoms with van der Waals surface area (Å²) in [4.78, 5) is 53.2.